The highest BCUT2D eigenvalue weighted by atomic mass is 16.3. The summed E-state index contributed by atoms with van der Waals surface area (Å²) in [6.45, 7) is 0. The number of azo groups is 1. The molecule has 0 atom stereocenters. The maximum absolute atomic E-state index is 10.9. The second kappa shape index (κ2) is 5.00. The van der Waals surface area contributed by atoms with Crippen LogP contribution in [0.15, 0.2) is 40.6 Å². The van der Waals surface area contributed by atoms with Gasteiger partial charge in [-0.2, -0.15) is 20.5 Å². The number of hydrogen-bond acceptors (Lipinski definition) is 7. The standard InChI is InChI=1S/C13H9N5O3/c19-6-7-3-9(20)5-12(21)13(7)17-14-8-1-2-10-11(4-8)16-18-15-10/h1-6,20-21H,(H,15,16,18). The predicted octanol–water partition coefficient (Wildman–Crippen LogP) is 2.60. The number of carbonyl (C=O) groups is 1. The Morgan fingerprint density at radius 2 is 1.86 bits per heavy atom. The van der Waals surface area contributed by atoms with Crippen LogP contribution in [0.25, 0.3) is 11.0 Å². The van der Waals surface area contributed by atoms with Crippen molar-refractivity contribution in [2.24, 2.45) is 10.2 Å². The number of aromatic nitrogens is 3. The lowest BCUT2D eigenvalue weighted by molar-refractivity contribution is 0.112. The molecular formula is C13H9N5O3. The Balaban J connectivity index is 2.00. The van der Waals surface area contributed by atoms with Gasteiger partial charge in [0.2, 0.25) is 0 Å². The lowest BCUT2D eigenvalue weighted by atomic mass is 10.2. The number of phenolic OH excluding ortho intramolecular Hbond substituents is 2. The highest BCUT2D eigenvalue weighted by molar-refractivity contribution is 5.86. The number of aromatic amines is 1. The summed E-state index contributed by atoms with van der Waals surface area (Å²) in [5, 5.41) is 37.2. The van der Waals surface area contributed by atoms with E-state index in [2.05, 4.69) is 25.6 Å². The largest absolute Gasteiger partial charge is 0.508 e. The zero-order chi connectivity index (χ0) is 14.8. The van der Waals surface area contributed by atoms with E-state index < -0.39 is 0 Å². The van der Waals surface area contributed by atoms with Crippen molar-refractivity contribution in [3.05, 3.63) is 35.9 Å². The Morgan fingerprint density at radius 1 is 1.05 bits per heavy atom. The fourth-order valence-electron chi connectivity index (χ4n) is 1.82. The van der Waals surface area contributed by atoms with Crippen LogP contribution in [0.1, 0.15) is 10.4 Å². The summed E-state index contributed by atoms with van der Waals surface area (Å²) in [4.78, 5) is 10.9. The SMILES string of the molecule is O=Cc1cc(O)cc(O)c1N=Nc1ccc2n[nH]nc2c1. The van der Waals surface area contributed by atoms with Gasteiger partial charge in [-0.3, -0.25) is 4.79 Å². The van der Waals surface area contributed by atoms with Crippen molar-refractivity contribution in [3.63, 3.8) is 0 Å². The molecule has 8 nitrogen and oxygen atoms in total. The molecule has 0 aliphatic rings. The molecule has 2 aromatic carbocycles. The summed E-state index contributed by atoms with van der Waals surface area (Å²) in [5.74, 6) is -0.555. The minimum atomic E-state index is -0.330. The van der Waals surface area contributed by atoms with Crippen LogP contribution in [0.3, 0.4) is 0 Å². The second-order valence-corrected chi connectivity index (χ2v) is 4.22. The summed E-state index contributed by atoms with van der Waals surface area (Å²) in [7, 11) is 0. The Labute approximate surface area is 117 Å². The van der Waals surface area contributed by atoms with Crippen molar-refractivity contribution < 1.29 is 15.0 Å². The van der Waals surface area contributed by atoms with Crippen molar-refractivity contribution in [3.8, 4) is 11.5 Å². The first kappa shape index (κ1) is 12.7. The van der Waals surface area contributed by atoms with Crippen LogP contribution in [-0.2, 0) is 0 Å². The Bertz CT molecular complexity index is 856. The van der Waals surface area contributed by atoms with Gasteiger partial charge in [-0.25, -0.2) is 0 Å². The van der Waals surface area contributed by atoms with E-state index in [-0.39, 0.29) is 22.7 Å². The van der Waals surface area contributed by atoms with Crippen molar-refractivity contribution in [2.75, 3.05) is 0 Å². The number of nitrogens with zero attached hydrogens (tertiary/aromatic N) is 4. The molecule has 3 N–H and O–H groups in total. The number of rotatable bonds is 3. The molecular weight excluding hydrogens is 274 g/mol. The van der Waals surface area contributed by atoms with E-state index in [1.807, 2.05) is 0 Å². The minimum Gasteiger partial charge on any atom is -0.508 e. The van der Waals surface area contributed by atoms with Gasteiger partial charge in [0, 0.05) is 11.6 Å². The molecule has 0 saturated heterocycles. The van der Waals surface area contributed by atoms with Gasteiger partial charge in [-0.05, 0) is 24.3 Å². The van der Waals surface area contributed by atoms with Crippen LogP contribution in [0.4, 0.5) is 11.4 Å². The first-order chi connectivity index (χ1) is 10.2. The molecule has 8 heteroatoms. The van der Waals surface area contributed by atoms with Crippen LogP contribution in [0, 0.1) is 0 Å². The molecule has 0 amide bonds. The van der Waals surface area contributed by atoms with E-state index in [0.717, 1.165) is 6.07 Å². The Kier molecular flexibility index (Phi) is 3.03. The molecule has 1 aromatic heterocycles. The predicted molar refractivity (Wildman–Crippen MR) is 73.2 cm³/mol. The molecule has 0 aliphatic heterocycles. The molecule has 104 valence electrons. The van der Waals surface area contributed by atoms with E-state index in [1.54, 1.807) is 18.2 Å². The number of fused-ring (bicyclic) bond motifs is 1. The maximum Gasteiger partial charge on any atom is 0.152 e. The molecule has 3 rings (SSSR count). The molecule has 1 heterocycles. The number of H-pyrrole nitrogens is 1. The average Bonchev–Trinajstić information content (AvgIpc) is 2.93. The van der Waals surface area contributed by atoms with E-state index >= 15 is 0 Å². The van der Waals surface area contributed by atoms with E-state index in [4.69, 9.17) is 0 Å². The maximum atomic E-state index is 10.9. The molecule has 0 bridgehead atoms. The summed E-state index contributed by atoms with van der Waals surface area (Å²) in [5.41, 5.74) is 1.83. The third-order valence-corrected chi connectivity index (χ3v) is 2.80. The van der Waals surface area contributed by atoms with Gasteiger partial charge in [-0.15, -0.1) is 5.11 Å². The van der Waals surface area contributed by atoms with E-state index in [1.165, 1.54) is 6.07 Å². The summed E-state index contributed by atoms with van der Waals surface area (Å²) in [6, 6.07) is 7.32. The molecule has 0 unspecified atom stereocenters. The molecule has 0 fully saturated rings. The molecule has 0 radical (unpaired) electrons. The molecule has 0 aliphatic carbocycles. The average molecular weight is 283 g/mol. The number of aldehydes is 1. The molecule has 0 saturated carbocycles. The van der Waals surface area contributed by atoms with Crippen LogP contribution in [0.2, 0.25) is 0 Å². The van der Waals surface area contributed by atoms with Gasteiger partial charge in [0.1, 0.15) is 28.2 Å². The normalized spacial score (nSPS) is 11.2. The summed E-state index contributed by atoms with van der Waals surface area (Å²) in [6.07, 6.45) is 0.481. The van der Waals surface area contributed by atoms with Crippen LogP contribution < -0.4 is 0 Å². The van der Waals surface area contributed by atoms with Gasteiger partial charge in [0.15, 0.2) is 6.29 Å². The molecule has 3 aromatic rings. The van der Waals surface area contributed by atoms with Gasteiger partial charge in [-0.1, -0.05) is 0 Å². The van der Waals surface area contributed by atoms with Gasteiger partial charge >= 0.3 is 0 Å². The smallest absolute Gasteiger partial charge is 0.152 e. The Hall–Kier alpha value is -3.29. The third-order valence-electron chi connectivity index (χ3n) is 2.80. The number of carbonyl (C=O) groups excluding carboxylic acids is 1. The highest BCUT2D eigenvalue weighted by Gasteiger charge is 2.09. The van der Waals surface area contributed by atoms with Crippen LogP contribution in [-0.4, -0.2) is 31.9 Å². The first-order valence-corrected chi connectivity index (χ1v) is 5.91. The van der Waals surface area contributed by atoms with Crippen molar-refractivity contribution in [1.29, 1.82) is 0 Å². The van der Waals surface area contributed by atoms with Crippen molar-refractivity contribution in [2.45, 2.75) is 0 Å². The lowest BCUT2D eigenvalue weighted by Crippen LogP contribution is -1.81. The van der Waals surface area contributed by atoms with Crippen molar-refractivity contribution in [1.82, 2.24) is 15.4 Å². The number of nitrogens with one attached hydrogen (secondary N) is 1. The van der Waals surface area contributed by atoms with E-state index in [9.17, 15) is 15.0 Å². The number of benzene rings is 2. The van der Waals surface area contributed by atoms with Gasteiger partial charge < -0.3 is 10.2 Å². The van der Waals surface area contributed by atoms with E-state index in [0.29, 0.717) is 23.0 Å². The quantitative estimate of drug-likeness (QED) is 0.503. The monoisotopic (exact) mass is 283 g/mol. The summed E-state index contributed by atoms with van der Waals surface area (Å²) >= 11 is 0. The number of phenols is 2. The first-order valence-electron chi connectivity index (χ1n) is 5.91. The van der Waals surface area contributed by atoms with Gasteiger partial charge in [0.25, 0.3) is 0 Å². The summed E-state index contributed by atoms with van der Waals surface area (Å²) < 4.78 is 0. The molecule has 0 spiro atoms. The second-order valence-electron chi connectivity index (χ2n) is 4.22. The minimum absolute atomic E-state index is 0.0111. The van der Waals surface area contributed by atoms with Crippen LogP contribution >= 0.6 is 0 Å². The lowest BCUT2D eigenvalue weighted by Gasteiger charge is -2.02. The fourth-order valence-corrected chi connectivity index (χ4v) is 1.82. The fraction of sp³-hybridized carbons (Fsp3) is 0. The van der Waals surface area contributed by atoms with Crippen molar-refractivity contribution >= 4 is 28.7 Å². The zero-order valence-corrected chi connectivity index (χ0v) is 10.6. The van der Waals surface area contributed by atoms with Gasteiger partial charge in [0.05, 0.1) is 5.69 Å². The Morgan fingerprint density at radius 3 is 2.67 bits per heavy atom. The zero-order valence-electron chi connectivity index (χ0n) is 10.6. The highest BCUT2D eigenvalue weighted by Crippen LogP contribution is 2.35. The number of hydrogen-bond donors (Lipinski definition) is 3. The molecule has 21 heavy (non-hydrogen) atoms. The van der Waals surface area contributed by atoms with Crippen LogP contribution in [0.5, 0.6) is 11.5 Å². The topological polar surface area (TPSA) is 124 Å². The number of aromatic hydroxyl groups is 2. The third kappa shape index (κ3) is 2.41.